The average molecular weight is 383 g/mol. The van der Waals surface area contributed by atoms with Crippen LogP contribution in [0, 0.1) is 12.7 Å². The lowest BCUT2D eigenvalue weighted by Gasteiger charge is -2.35. The fourth-order valence-corrected chi connectivity index (χ4v) is 3.86. The van der Waals surface area contributed by atoms with Crippen molar-refractivity contribution >= 4 is 17.7 Å². The molecule has 0 N–H and O–H groups in total. The lowest BCUT2D eigenvalue weighted by molar-refractivity contribution is -0.130. The molecular weight excluding hydrogens is 357 g/mol. The van der Waals surface area contributed by atoms with Crippen molar-refractivity contribution < 1.29 is 9.18 Å². The maximum atomic E-state index is 13.8. The van der Waals surface area contributed by atoms with Crippen molar-refractivity contribution in [3.8, 4) is 0 Å². The Balaban J connectivity index is 1.39. The number of hydrogen-bond acceptors (Lipinski definition) is 5. The first kappa shape index (κ1) is 18.7. The number of halogens is 1. The Labute approximate surface area is 165 Å². The molecule has 1 aromatic heterocycles. The number of aryl methyl sites for hydroxylation is 1. The Morgan fingerprint density at radius 3 is 2.43 bits per heavy atom. The summed E-state index contributed by atoms with van der Waals surface area (Å²) < 4.78 is 13.8. The van der Waals surface area contributed by atoms with Gasteiger partial charge in [-0.15, -0.1) is 0 Å². The van der Waals surface area contributed by atoms with Crippen LogP contribution in [0.15, 0.2) is 30.3 Å². The summed E-state index contributed by atoms with van der Waals surface area (Å²) in [6.07, 6.45) is 2.52. The van der Waals surface area contributed by atoms with E-state index in [0.717, 1.165) is 30.5 Å². The minimum atomic E-state index is -0.322. The fraction of sp³-hybridized carbons (Fsp3) is 0.476. The van der Waals surface area contributed by atoms with Gasteiger partial charge in [-0.3, -0.25) is 4.79 Å². The first-order chi connectivity index (χ1) is 13.6. The number of anilines is 2. The van der Waals surface area contributed by atoms with E-state index in [4.69, 9.17) is 4.98 Å². The summed E-state index contributed by atoms with van der Waals surface area (Å²) in [5.74, 6) is 1.38. The number of carbonyl (C=O) groups excluding carboxylic acids is 1. The van der Waals surface area contributed by atoms with E-state index >= 15 is 0 Å². The Morgan fingerprint density at radius 1 is 1.00 bits per heavy atom. The van der Waals surface area contributed by atoms with Crippen LogP contribution in [-0.4, -0.2) is 60.0 Å². The number of amides is 1. The molecule has 1 aromatic carbocycles. The van der Waals surface area contributed by atoms with Crippen molar-refractivity contribution in [1.82, 2.24) is 14.9 Å². The van der Waals surface area contributed by atoms with Gasteiger partial charge in [-0.1, -0.05) is 18.2 Å². The van der Waals surface area contributed by atoms with Gasteiger partial charge in [0, 0.05) is 51.0 Å². The molecule has 2 aromatic rings. The van der Waals surface area contributed by atoms with Crippen molar-refractivity contribution in [2.75, 3.05) is 49.1 Å². The van der Waals surface area contributed by atoms with E-state index in [0.29, 0.717) is 31.7 Å². The van der Waals surface area contributed by atoms with Crippen LogP contribution in [0.1, 0.15) is 24.1 Å². The average Bonchev–Trinajstić information content (AvgIpc) is 3.24. The lowest BCUT2D eigenvalue weighted by Crippen LogP contribution is -2.49. The lowest BCUT2D eigenvalue weighted by atomic mass is 10.1. The number of nitrogens with zero attached hydrogens (tertiary/aromatic N) is 5. The largest absolute Gasteiger partial charge is 0.356 e. The molecule has 2 aliphatic heterocycles. The van der Waals surface area contributed by atoms with E-state index in [1.54, 1.807) is 23.1 Å². The summed E-state index contributed by atoms with van der Waals surface area (Å²) in [5, 5.41) is 0. The van der Waals surface area contributed by atoms with Gasteiger partial charge in [-0.05, 0) is 31.4 Å². The molecule has 0 spiro atoms. The molecule has 1 amide bonds. The zero-order valence-corrected chi connectivity index (χ0v) is 16.3. The predicted molar refractivity (Wildman–Crippen MR) is 107 cm³/mol. The first-order valence-corrected chi connectivity index (χ1v) is 9.97. The number of benzene rings is 1. The number of aromatic nitrogens is 2. The maximum Gasteiger partial charge on any atom is 0.227 e. The molecule has 2 saturated heterocycles. The van der Waals surface area contributed by atoms with Gasteiger partial charge >= 0.3 is 0 Å². The van der Waals surface area contributed by atoms with Gasteiger partial charge in [0.2, 0.25) is 11.9 Å². The van der Waals surface area contributed by atoms with Gasteiger partial charge in [0.05, 0.1) is 6.42 Å². The molecular formula is C21H26FN5O. The predicted octanol–water partition coefficient (Wildman–Crippen LogP) is 2.42. The molecule has 28 heavy (non-hydrogen) atoms. The standard InChI is InChI=1S/C21H26FN5O/c1-16-14-19(25-8-4-5-9-25)24-21(23-16)27-12-10-26(11-13-27)20(28)15-17-6-2-3-7-18(17)22/h2-3,6-7,14H,4-5,8-13,15H2,1H3. The third-order valence-corrected chi connectivity index (χ3v) is 5.47. The van der Waals surface area contributed by atoms with Crippen molar-refractivity contribution in [2.24, 2.45) is 0 Å². The second kappa shape index (κ2) is 8.12. The van der Waals surface area contributed by atoms with Crippen LogP contribution in [0.2, 0.25) is 0 Å². The zero-order valence-electron chi connectivity index (χ0n) is 16.3. The van der Waals surface area contributed by atoms with Gasteiger partial charge in [0.25, 0.3) is 0 Å². The molecule has 4 rings (SSSR count). The van der Waals surface area contributed by atoms with Crippen LogP contribution < -0.4 is 9.80 Å². The molecule has 6 nitrogen and oxygen atoms in total. The quantitative estimate of drug-likeness (QED) is 0.812. The van der Waals surface area contributed by atoms with Gasteiger partial charge in [0.15, 0.2) is 0 Å². The molecule has 7 heteroatoms. The Hall–Kier alpha value is -2.70. The molecule has 0 radical (unpaired) electrons. The highest BCUT2D eigenvalue weighted by atomic mass is 19.1. The summed E-state index contributed by atoms with van der Waals surface area (Å²) in [7, 11) is 0. The monoisotopic (exact) mass is 383 g/mol. The Bertz CT molecular complexity index is 844. The van der Waals surface area contributed by atoms with E-state index in [2.05, 4.69) is 14.8 Å². The van der Waals surface area contributed by atoms with Gasteiger partial charge in [-0.2, -0.15) is 4.98 Å². The SMILES string of the molecule is Cc1cc(N2CCCC2)nc(N2CCN(C(=O)Cc3ccccc3F)CC2)n1. The molecule has 0 unspecified atom stereocenters. The number of piperazine rings is 1. The van der Waals surface area contributed by atoms with E-state index < -0.39 is 0 Å². The number of carbonyl (C=O) groups is 1. The van der Waals surface area contributed by atoms with E-state index in [-0.39, 0.29) is 18.1 Å². The minimum Gasteiger partial charge on any atom is -0.356 e. The first-order valence-electron chi connectivity index (χ1n) is 9.97. The minimum absolute atomic E-state index is 0.0346. The highest BCUT2D eigenvalue weighted by molar-refractivity contribution is 5.79. The summed E-state index contributed by atoms with van der Waals surface area (Å²) in [6, 6.07) is 8.51. The normalized spacial score (nSPS) is 17.3. The highest BCUT2D eigenvalue weighted by Gasteiger charge is 2.24. The third kappa shape index (κ3) is 4.08. The molecule has 0 aliphatic carbocycles. The molecule has 0 atom stereocenters. The van der Waals surface area contributed by atoms with Crippen molar-refractivity contribution in [2.45, 2.75) is 26.2 Å². The van der Waals surface area contributed by atoms with Crippen LogP contribution >= 0.6 is 0 Å². The zero-order chi connectivity index (χ0) is 19.5. The summed E-state index contributed by atoms with van der Waals surface area (Å²) in [5.41, 5.74) is 1.41. The molecule has 3 heterocycles. The summed E-state index contributed by atoms with van der Waals surface area (Å²) >= 11 is 0. The molecule has 2 fully saturated rings. The van der Waals surface area contributed by atoms with Crippen LogP contribution in [-0.2, 0) is 11.2 Å². The molecule has 0 saturated carbocycles. The summed E-state index contributed by atoms with van der Waals surface area (Å²) in [4.78, 5) is 28.2. The van der Waals surface area contributed by atoms with Crippen molar-refractivity contribution in [3.63, 3.8) is 0 Å². The van der Waals surface area contributed by atoms with Crippen LogP contribution in [0.25, 0.3) is 0 Å². The van der Waals surface area contributed by atoms with E-state index in [1.165, 1.54) is 18.9 Å². The number of rotatable bonds is 4. The fourth-order valence-electron chi connectivity index (χ4n) is 3.86. The molecule has 0 bridgehead atoms. The third-order valence-electron chi connectivity index (χ3n) is 5.47. The van der Waals surface area contributed by atoms with Gasteiger partial charge in [0.1, 0.15) is 11.6 Å². The Kier molecular flexibility index (Phi) is 5.41. The highest BCUT2D eigenvalue weighted by Crippen LogP contribution is 2.22. The van der Waals surface area contributed by atoms with Gasteiger partial charge < -0.3 is 14.7 Å². The van der Waals surface area contributed by atoms with Gasteiger partial charge in [-0.25, -0.2) is 9.37 Å². The second-order valence-electron chi connectivity index (χ2n) is 7.50. The Morgan fingerprint density at radius 2 is 1.71 bits per heavy atom. The van der Waals surface area contributed by atoms with Crippen LogP contribution in [0.3, 0.4) is 0 Å². The van der Waals surface area contributed by atoms with E-state index in [1.807, 2.05) is 13.0 Å². The molecule has 148 valence electrons. The topological polar surface area (TPSA) is 52.6 Å². The van der Waals surface area contributed by atoms with Crippen molar-refractivity contribution in [1.29, 1.82) is 0 Å². The van der Waals surface area contributed by atoms with Crippen molar-refractivity contribution in [3.05, 3.63) is 47.4 Å². The smallest absolute Gasteiger partial charge is 0.227 e. The second-order valence-corrected chi connectivity index (χ2v) is 7.50. The van der Waals surface area contributed by atoms with E-state index in [9.17, 15) is 9.18 Å². The van der Waals surface area contributed by atoms with Crippen LogP contribution in [0.5, 0.6) is 0 Å². The van der Waals surface area contributed by atoms with Crippen LogP contribution in [0.4, 0.5) is 16.2 Å². The maximum absolute atomic E-state index is 13.8. The summed E-state index contributed by atoms with van der Waals surface area (Å²) in [6.45, 7) is 6.67. The molecule has 2 aliphatic rings. The number of hydrogen-bond donors (Lipinski definition) is 0.